The maximum Gasteiger partial charge on any atom is 0.268 e. The van der Waals surface area contributed by atoms with Gasteiger partial charge < -0.3 is 9.64 Å². The SMILES string of the molecule is CC1=NN(c2ccc(C(=O)N3CCC(OCC(C)(F)F)CC3)cc2)CC1. The van der Waals surface area contributed by atoms with Crippen LogP contribution in [0.15, 0.2) is 29.4 Å². The van der Waals surface area contributed by atoms with Crippen molar-refractivity contribution < 1.29 is 18.3 Å². The van der Waals surface area contributed by atoms with Crippen LogP contribution >= 0.6 is 0 Å². The number of amides is 1. The maximum atomic E-state index is 12.9. The number of likely N-dealkylation sites (tertiary alicyclic amines) is 1. The molecule has 142 valence electrons. The number of hydrogen-bond acceptors (Lipinski definition) is 4. The highest BCUT2D eigenvalue weighted by atomic mass is 19.3. The van der Waals surface area contributed by atoms with Crippen molar-refractivity contribution in [3.05, 3.63) is 29.8 Å². The van der Waals surface area contributed by atoms with Crippen LogP contribution in [0.25, 0.3) is 0 Å². The van der Waals surface area contributed by atoms with Gasteiger partial charge in [0.25, 0.3) is 11.8 Å². The minimum atomic E-state index is -2.81. The molecule has 2 aliphatic heterocycles. The van der Waals surface area contributed by atoms with Gasteiger partial charge in [0.2, 0.25) is 0 Å². The lowest BCUT2D eigenvalue weighted by molar-refractivity contribution is -0.0968. The second-order valence-corrected chi connectivity index (χ2v) is 7.13. The van der Waals surface area contributed by atoms with Gasteiger partial charge in [-0.3, -0.25) is 9.80 Å². The fourth-order valence-electron chi connectivity index (χ4n) is 3.21. The molecule has 3 rings (SSSR count). The minimum Gasteiger partial charge on any atom is -0.372 e. The first-order valence-corrected chi connectivity index (χ1v) is 9.02. The van der Waals surface area contributed by atoms with Crippen LogP contribution in [0.3, 0.4) is 0 Å². The summed E-state index contributed by atoms with van der Waals surface area (Å²) in [4.78, 5) is 14.4. The van der Waals surface area contributed by atoms with Crippen LogP contribution < -0.4 is 5.01 Å². The molecule has 2 heterocycles. The van der Waals surface area contributed by atoms with Crippen LogP contribution in [0.1, 0.15) is 43.5 Å². The number of halogens is 2. The molecule has 0 saturated carbocycles. The molecule has 1 aromatic rings. The number of carbonyl (C=O) groups is 1. The number of ether oxygens (including phenoxy) is 1. The van der Waals surface area contributed by atoms with Crippen molar-refractivity contribution in [2.24, 2.45) is 5.10 Å². The second-order valence-electron chi connectivity index (χ2n) is 7.13. The molecule has 1 amide bonds. The molecule has 5 nitrogen and oxygen atoms in total. The normalized spacial score (nSPS) is 19.0. The Bertz CT molecular complexity index is 662. The zero-order valence-corrected chi connectivity index (χ0v) is 15.3. The molecule has 0 bridgehead atoms. The smallest absolute Gasteiger partial charge is 0.268 e. The Morgan fingerprint density at radius 2 is 1.88 bits per heavy atom. The lowest BCUT2D eigenvalue weighted by Gasteiger charge is -2.32. The summed E-state index contributed by atoms with van der Waals surface area (Å²) in [7, 11) is 0. The molecule has 1 saturated heterocycles. The Morgan fingerprint density at radius 1 is 1.23 bits per heavy atom. The van der Waals surface area contributed by atoms with E-state index in [-0.39, 0.29) is 12.0 Å². The van der Waals surface area contributed by atoms with Gasteiger partial charge in [0, 0.05) is 44.3 Å². The van der Waals surface area contributed by atoms with Gasteiger partial charge in [-0.2, -0.15) is 5.10 Å². The number of benzene rings is 1. The number of carbonyl (C=O) groups excluding carboxylic acids is 1. The molecule has 0 aromatic heterocycles. The lowest BCUT2D eigenvalue weighted by atomic mass is 10.1. The first kappa shape index (κ1) is 18.8. The van der Waals surface area contributed by atoms with Gasteiger partial charge in [-0.15, -0.1) is 0 Å². The summed E-state index contributed by atoms with van der Waals surface area (Å²) in [5.74, 6) is -2.84. The number of rotatable bonds is 5. The fraction of sp³-hybridized carbons (Fsp3) is 0.579. The van der Waals surface area contributed by atoms with E-state index in [0.717, 1.165) is 31.3 Å². The van der Waals surface area contributed by atoms with E-state index in [2.05, 4.69) is 5.10 Å². The Morgan fingerprint density at radius 3 is 2.42 bits per heavy atom. The molecule has 26 heavy (non-hydrogen) atoms. The standard InChI is InChI=1S/C19H25F2N3O2/c1-14-7-12-24(22-14)16-5-3-15(4-6-16)18(25)23-10-8-17(9-11-23)26-13-19(2,20)21/h3-6,17H,7-13H2,1-2H3. The zero-order valence-electron chi connectivity index (χ0n) is 15.3. The Hall–Kier alpha value is -2.02. The van der Waals surface area contributed by atoms with Crippen molar-refractivity contribution in [1.29, 1.82) is 0 Å². The van der Waals surface area contributed by atoms with E-state index < -0.39 is 12.5 Å². The molecule has 1 fully saturated rings. The predicted octanol–water partition coefficient (Wildman–Crippen LogP) is 3.55. The lowest BCUT2D eigenvalue weighted by Crippen LogP contribution is -2.41. The summed E-state index contributed by atoms with van der Waals surface area (Å²) in [5, 5.41) is 6.39. The van der Waals surface area contributed by atoms with Crippen LogP contribution in [0.5, 0.6) is 0 Å². The number of alkyl halides is 2. The summed E-state index contributed by atoms with van der Waals surface area (Å²) in [6.07, 6.45) is 1.92. The van der Waals surface area contributed by atoms with Gasteiger partial charge >= 0.3 is 0 Å². The molecular formula is C19H25F2N3O2. The number of hydrazone groups is 1. The number of piperidine rings is 1. The highest BCUT2D eigenvalue weighted by molar-refractivity contribution is 5.94. The predicted molar refractivity (Wildman–Crippen MR) is 97.0 cm³/mol. The molecule has 0 atom stereocenters. The summed E-state index contributed by atoms with van der Waals surface area (Å²) >= 11 is 0. The molecule has 0 unspecified atom stereocenters. The minimum absolute atomic E-state index is 0.0306. The highest BCUT2D eigenvalue weighted by Gasteiger charge is 2.28. The van der Waals surface area contributed by atoms with Crippen molar-refractivity contribution in [3.63, 3.8) is 0 Å². The highest BCUT2D eigenvalue weighted by Crippen LogP contribution is 2.22. The summed E-state index contributed by atoms with van der Waals surface area (Å²) in [6.45, 7) is 4.21. The van der Waals surface area contributed by atoms with Crippen LogP contribution in [0, 0.1) is 0 Å². The maximum absolute atomic E-state index is 12.9. The van der Waals surface area contributed by atoms with Crippen molar-refractivity contribution in [2.45, 2.75) is 45.1 Å². The van der Waals surface area contributed by atoms with Gasteiger partial charge in [-0.25, -0.2) is 8.78 Å². The molecule has 7 heteroatoms. The van der Waals surface area contributed by atoms with E-state index in [1.54, 1.807) is 4.90 Å². The van der Waals surface area contributed by atoms with E-state index in [1.165, 1.54) is 0 Å². The fourth-order valence-corrected chi connectivity index (χ4v) is 3.21. The van der Waals surface area contributed by atoms with Gasteiger partial charge in [0.1, 0.15) is 6.61 Å². The number of anilines is 1. The third-order valence-corrected chi connectivity index (χ3v) is 4.69. The third kappa shape index (κ3) is 4.78. The molecule has 2 aliphatic rings. The summed E-state index contributed by atoms with van der Waals surface area (Å²) in [5.41, 5.74) is 2.72. The summed E-state index contributed by atoms with van der Waals surface area (Å²) < 4.78 is 31.0. The average molecular weight is 365 g/mol. The van der Waals surface area contributed by atoms with Crippen molar-refractivity contribution >= 4 is 17.3 Å². The Kier molecular flexibility index (Phi) is 5.55. The van der Waals surface area contributed by atoms with Gasteiger partial charge in [0.05, 0.1) is 11.8 Å². The molecular weight excluding hydrogens is 340 g/mol. The molecule has 1 aromatic carbocycles. The quantitative estimate of drug-likeness (QED) is 0.802. The van der Waals surface area contributed by atoms with Gasteiger partial charge in [0.15, 0.2) is 0 Å². The van der Waals surface area contributed by atoms with Crippen molar-refractivity contribution in [2.75, 3.05) is 31.3 Å². The van der Waals surface area contributed by atoms with E-state index in [9.17, 15) is 13.6 Å². The van der Waals surface area contributed by atoms with Gasteiger partial charge in [-0.1, -0.05) is 0 Å². The largest absolute Gasteiger partial charge is 0.372 e. The Labute approximate surface area is 152 Å². The molecule has 0 spiro atoms. The van der Waals surface area contributed by atoms with E-state index >= 15 is 0 Å². The topological polar surface area (TPSA) is 45.1 Å². The zero-order chi connectivity index (χ0) is 18.7. The second kappa shape index (κ2) is 7.70. The van der Waals surface area contributed by atoms with Gasteiger partial charge in [-0.05, 0) is 44.0 Å². The first-order valence-electron chi connectivity index (χ1n) is 9.02. The first-order chi connectivity index (χ1) is 12.3. The van der Waals surface area contributed by atoms with E-state index in [1.807, 2.05) is 36.2 Å². The summed E-state index contributed by atoms with van der Waals surface area (Å²) in [6, 6.07) is 7.46. The molecule has 0 radical (unpaired) electrons. The number of nitrogens with zero attached hydrogens (tertiary/aromatic N) is 3. The average Bonchev–Trinajstić information content (AvgIpc) is 3.06. The number of hydrogen-bond donors (Lipinski definition) is 0. The molecule has 0 aliphatic carbocycles. The Balaban J connectivity index is 1.52. The van der Waals surface area contributed by atoms with Crippen molar-refractivity contribution in [3.8, 4) is 0 Å². The van der Waals surface area contributed by atoms with Crippen LogP contribution in [-0.2, 0) is 4.74 Å². The van der Waals surface area contributed by atoms with Crippen LogP contribution in [-0.4, -0.2) is 54.8 Å². The van der Waals surface area contributed by atoms with E-state index in [0.29, 0.717) is 31.5 Å². The van der Waals surface area contributed by atoms with Crippen LogP contribution in [0.4, 0.5) is 14.5 Å². The monoisotopic (exact) mass is 365 g/mol. The molecule has 0 N–H and O–H groups in total. The van der Waals surface area contributed by atoms with Crippen molar-refractivity contribution in [1.82, 2.24) is 4.90 Å². The third-order valence-electron chi connectivity index (χ3n) is 4.69. The van der Waals surface area contributed by atoms with Crippen LogP contribution in [0.2, 0.25) is 0 Å². The van der Waals surface area contributed by atoms with E-state index in [4.69, 9.17) is 4.74 Å².